The molecule has 105 heavy (non-hydrogen) atoms. The third-order valence-corrected chi connectivity index (χ3v) is 16.2. The first-order valence-corrected chi connectivity index (χ1v) is 46.3. The summed E-state index contributed by atoms with van der Waals surface area (Å²) in [5.41, 5.74) is 1.32. The lowest BCUT2D eigenvalue weighted by Gasteiger charge is -1.97. The highest BCUT2D eigenvalue weighted by Gasteiger charge is 2.04. The SMILES string of the molecule is C.C=C.CC.CCC.CCC.CCC.CCC.CCC.CCCC.CCCC.CCCCC.CS(=N)(=O)c1ccccc1.Cc1ccccc1.NS(=O)(=O)c1ccccc1.NS(=O)c1ccccc1.NS(=O)c1ccccc1.NS(=O)c1ccccc1.O=Ic1ccccc1.O=Ic1ccccc1.[CH-]=C. The third-order valence-electron chi connectivity index (χ3n) is 9.48. The van der Waals surface area contributed by atoms with Crippen molar-refractivity contribution in [2.75, 3.05) is 6.26 Å². The summed E-state index contributed by atoms with van der Waals surface area (Å²) in [6.45, 7) is 53.5. The van der Waals surface area contributed by atoms with Gasteiger partial charge in [-0.05, 0) is 91.9 Å². The number of sulfonamides is 1. The molecule has 0 spiro atoms. The van der Waals surface area contributed by atoms with Crippen molar-refractivity contribution < 1.29 is 31.4 Å². The normalized spacial score (nSPS) is 9.87. The minimum Gasteiger partial charge on any atom is -0.521 e. The van der Waals surface area contributed by atoms with Crippen molar-refractivity contribution in [1.29, 1.82) is 4.78 Å². The molecule has 8 rings (SSSR count). The first-order chi connectivity index (χ1) is 49.7. The van der Waals surface area contributed by atoms with Crippen LogP contribution in [0.3, 0.4) is 0 Å². The standard InChI is InChI=1S/C7H9NOS.C7H8.2C6H5IO.C6H7NO2S.3C6H7NOS.C5H12.2C4H10.5C3H8.C2H6.C2H4.C2H3.CH4/c1-10(8,9)7-5-3-2-4-6-7;1-7-5-3-2-4-6-7;2*8-7-6-4-2-1-3-5-6;7-10(8,9)6-4-2-1-3-5-6;3*7-9(8)6-4-2-1-3-5-6;1-3-5-4-2;2*1-3-4-2;5*1-3-2;3*1-2;/h2-6,8H,1H3;2-6H,1H3;2*1-5H;1-5H,(H2,7,8,9);3*1-5H,7H2;3-5H2,1-2H3;2*3-4H2,1-2H3;5*3H2,1-2H3;1-2H3;1-2H2;1H,2H2;1H4/q;;;;;;;;;;;;;;;;;;-1;. The van der Waals surface area contributed by atoms with Crippen LogP contribution in [0.15, 0.2) is 287 Å². The molecule has 0 bridgehead atoms. The summed E-state index contributed by atoms with van der Waals surface area (Å²) >= 11 is -1.88. The van der Waals surface area contributed by atoms with Crippen LogP contribution in [0.25, 0.3) is 0 Å². The monoisotopic (exact) mass is 1780 g/mol. The predicted octanol–water partition coefficient (Wildman–Crippen LogP) is 26.4. The number of halogens is 2. The molecule has 0 aliphatic heterocycles. The first-order valence-electron chi connectivity index (χ1n) is 35.3. The second-order valence-corrected chi connectivity index (χ2v) is 30.4. The van der Waals surface area contributed by atoms with Crippen molar-refractivity contribution in [3.63, 3.8) is 0 Å². The van der Waals surface area contributed by atoms with Crippen molar-refractivity contribution in [1.82, 2.24) is 0 Å². The molecule has 0 radical (unpaired) electrons. The highest BCUT2D eigenvalue weighted by Crippen LogP contribution is 2.09. The Balaban J connectivity index is -0.0000000888. The largest absolute Gasteiger partial charge is 0.521 e. The van der Waals surface area contributed by atoms with E-state index in [-0.39, 0.29) is 12.3 Å². The summed E-state index contributed by atoms with van der Waals surface area (Å²) in [6, 6.07) is 72.7. The maximum absolute atomic E-state index is 11.1. The van der Waals surface area contributed by atoms with E-state index in [0.29, 0.717) is 19.6 Å². The maximum Gasteiger partial charge on any atom is 0.238 e. The molecule has 0 aromatic heterocycles. The van der Waals surface area contributed by atoms with Crippen LogP contribution < -0.4 is 20.6 Å². The number of hydrogen-bond donors (Lipinski definition) is 5. The number of nitrogens with one attached hydrogen (secondary N) is 1. The van der Waals surface area contributed by atoms with Crippen molar-refractivity contribution in [2.45, 2.75) is 241 Å². The molecule has 602 valence electrons. The van der Waals surface area contributed by atoms with Crippen molar-refractivity contribution in [2.24, 2.45) is 20.6 Å². The van der Waals surface area contributed by atoms with E-state index in [1.165, 1.54) is 101 Å². The Morgan fingerprint density at radius 3 is 0.619 bits per heavy atom. The summed E-state index contributed by atoms with van der Waals surface area (Å²) in [4.78, 5) is 2.73. The Hall–Kier alpha value is -5.51. The van der Waals surface area contributed by atoms with Gasteiger partial charge in [-0.2, -0.15) is 0 Å². The van der Waals surface area contributed by atoms with E-state index in [2.05, 4.69) is 156 Å². The molecule has 4 atom stereocenters. The van der Waals surface area contributed by atoms with Gasteiger partial charge in [0.05, 0.1) is 29.3 Å². The minimum atomic E-state index is -3.50. The van der Waals surface area contributed by atoms with Crippen LogP contribution in [-0.4, -0.2) is 31.5 Å². The molecule has 20 heteroatoms. The highest BCUT2D eigenvalue weighted by molar-refractivity contribution is 14.2. The van der Waals surface area contributed by atoms with Crippen molar-refractivity contribution in [3.05, 3.63) is 282 Å². The van der Waals surface area contributed by atoms with Gasteiger partial charge in [0.2, 0.25) is 10.0 Å². The number of nitrogens with two attached hydrogens (primary N) is 4. The van der Waals surface area contributed by atoms with Crippen LogP contribution in [0, 0.1) is 25.4 Å². The van der Waals surface area contributed by atoms with Gasteiger partial charge in [0.15, 0.2) is 42.4 Å². The second-order valence-electron chi connectivity index (χ2n) is 20.1. The Morgan fingerprint density at radius 1 is 0.362 bits per heavy atom. The van der Waals surface area contributed by atoms with E-state index >= 15 is 0 Å². The van der Waals surface area contributed by atoms with E-state index in [0.717, 1.165) is 7.14 Å². The van der Waals surface area contributed by atoms with Crippen LogP contribution in [0.1, 0.15) is 215 Å². The highest BCUT2D eigenvalue weighted by atomic mass is 127. The molecule has 0 saturated heterocycles. The fourth-order valence-corrected chi connectivity index (χ4v) is 8.68. The molecule has 8 aromatic carbocycles. The van der Waals surface area contributed by atoms with Crippen LogP contribution in [0.2, 0.25) is 0 Å². The first kappa shape index (κ1) is 126. The van der Waals surface area contributed by atoms with Crippen molar-refractivity contribution >= 4 is 95.1 Å². The van der Waals surface area contributed by atoms with Gasteiger partial charge in [0.25, 0.3) is 0 Å². The number of hydrogen-bond acceptors (Lipinski definition) is 9. The van der Waals surface area contributed by atoms with E-state index in [1.54, 1.807) is 115 Å². The molecule has 0 aliphatic carbocycles. The fraction of sp³-hybridized carbons (Fsp3) is 0.388. The Kier molecular flexibility index (Phi) is 129. The Bertz CT molecular complexity index is 2950. The number of primary sulfonamides is 1. The molecule has 0 saturated carbocycles. The van der Waals surface area contributed by atoms with Gasteiger partial charge >= 0.3 is 0 Å². The Labute approximate surface area is 674 Å². The van der Waals surface area contributed by atoms with Gasteiger partial charge in [0, 0.05) is 18.3 Å². The maximum atomic E-state index is 11.1. The number of benzene rings is 8. The van der Waals surface area contributed by atoms with E-state index < -0.39 is 95.1 Å². The lowest BCUT2D eigenvalue weighted by molar-refractivity contribution is 0.597. The van der Waals surface area contributed by atoms with Gasteiger partial charge in [-0.3, -0.25) is 12.7 Å². The molecule has 8 aromatic rings. The van der Waals surface area contributed by atoms with Gasteiger partial charge in [-0.1, -0.05) is 372 Å². The van der Waals surface area contributed by atoms with Crippen molar-refractivity contribution in [3.8, 4) is 0 Å². The van der Waals surface area contributed by atoms with Crippen LogP contribution >= 0.6 is 42.4 Å². The van der Waals surface area contributed by atoms with Gasteiger partial charge in [-0.25, -0.2) is 50.6 Å². The molecule has 0 heterocycles. The molecule has 0 aliphatic rings. The summed E-state index contributed by atoms with van der Waals surface area (Å²) in [5, 5.41) is 20.1. The predicted molar refractivity (Wildman–Crippen MR) is 487 cm³/mol. The number of rotatable bonds is 11. The minimum absolute atomic E-state index is 0. The summed E-state index contributed by atoms with van der Waals surface area (Å²) in [5.74, 6) is 0. The van der Waals surface area contributed by atoms with E-state index in [4.69, 9.17) is 25.3 Å². The lowest BCUT2D eigenvalue weighted by Crippen LogP contribution is -2.11. The molecular weight excluding hydrogens is 1630 g/mol. The molecule has 13 nitrogen and oxygen atoms in total. The van der Waals surface area contributed by atoms with Crippen LogP contribution in [0.4, 0.5) is 0 Å². The number of unbranched alkanes of at least 4 members (excludes halogenated alkanes) is 4. The zero-order valence-corrected chi connectivity index (χ0v) is 75.5. The van der Waals surface area contributed by atoms with Gasteiger partial charge in [0.1, 0.15) is 33.0 Å². The summed E-state index contributed by atoms with van der Waals surface area (Å²) < 4.78 is 93.5. The Morgan fingerprint density at radius 2 is 0.533 bits per heavy atom. The third kappa shape index (κ3) is 112. The molecular formula is C85H144I2N5O8S5-. The molecule has 9 N–H and O–H groups in total. The van der Waals surface area contributed by atoms with Crippen LogP contribution in [0.5, 0.6) is 0 Å². The topological polar surface area (TPSA) is 264 Å². The molecule has 0 fully saturated rings. The smallest absolute Gasteiger partial charge is 0.238 e. The quantitative estimate of drug-likeness (QED) is 0.0471. The zero-order valence-electron chi connectivity index (χ0n) is 67.2. The zero-order chi connectivity index (χ0) is 82.5. The fourth-order valence-electron chi connectivity index (χ4n) is 4.77. The van der Waals surface area contributed by atoms with E-state index in [9.17, 15) is 31.4 Å². The van der Waals surface area contributed by atoms with Gasteiger partial charge < -0.3 is 6.58 Å². The lowest BCUT2D eigenvalue weighted by atomic mass is 10.2. The molecule has 4 unspecified atom stereocenters. The summed E-state index contributed by atoms with van der Waals surface area (Å²) in [7, 11) is -9.99. The number of aryl methyl sites for hydroxylation is 1. The average Bonchev–Trinajstić information content (AvgIpc) is 0.888. The van der Waals surface area contributed by atoms with Gasteiger partial charge in [-0.15, -0.1) is 13.2 Å². The summed E-state index contributed by atoms with van der Waals surface area (Å²) in [6.07, 6.45) is 17.0. The average molecular weight is 1780 g/mol. The second kappa shape index (κ2) is 107. The van der Waals surface area contributed by atoms with Crippen LogP contribution in [-0.2, 0) is 58.8 Å². The molecule has 0 amide bonds. The van der Waals surface area contributed by atoms with E-state index in [1.807, 2.05) is 117 Å².